The van der Waals surface area contributed by atoms with Gasteiger partial charge in [0.15, 0.2) is 0 Å². The zero-order valence-corrected chi connectivity index (χ0v) is 17.1. The molecule has 3 aromatic carbocycles. The van der Waals surface area contributed by atoms with Crippen molar-refractivity contribution in [2.45, 2.75) is 12.5 Å². The molecule has 5 rings (SSSR count). The fraction of sp³-hybridized carbons (Fsp3) is 0.125. The van der Waals surface area contributed by atoms with E-state index in [0.29, 0.717) is 18.0 Å². The van der Waals surface area contributed by atoms with Crippen molar-refractivity contribution < 1.29 is 13.6 Å². The van der Waals surface area contributed by atoms with Gasteiger partial charge in [-0.3, -0.25) is 0 Å². The van der Waals surface area contributed by atoms with E-state index in [-0.39, 0.29) is 5.69 Å². The molecule has 4 aromatic rings. The van der Waals surface area contributed by atoms with E-state index in [0.717, 1.165) is 45.9 Å². The van der Waals surface area contributed by atoms with E-state index in [1.165, 1.54) is 0 Å². The number of aromatic amines is 1. The topological polar surface area (TPSA) is 48.1 Å². The van der Waals surface area contributed by atoms with Crippen LogP contribution in [0.2, 0.25) is 5.02 Å². The predicted molar refractivity (Wildman–Crippen MR) is 117 cm³/mol. The maximum Gasteiger partial charge on any atom is 0.322 e. The number of urea groups is 1. The lowest BCUT2D eigenvalue weighted by molar-refractivity contribution is 0.193. The summed E-state index contributed by atoms with van der Waals surface area (Å²) >= 11 is 6.08. The average molecular weight is 438 g/mol. The monoisotopic (exact) mass is 437 g/mol. The molecule has 4 nitrogen and oxygen atoms in total. The fourth-order valence-corrected chi connectivity index (χ4v) is 4.36. The van der Waals surface area contributed by atoms with Gasteiger partial charge in [0, 0.05) is 34.2 Å². The highest BCUT2D eigenvalue weighted by Gasteiger charge is 2.34. The van der Waals surface area contributed by atoms with Gasteiger partial charge in [-0.1, -0.05) is 41.9 Å². The first-order valence-corrected chi connectivity index (χ1v) is 10.3. The lowest BCUT2D eigenvalue weighted by Gasteiger charge is -2.36. The number of nitrogens with zero attached hydrogens (tertiary/aromatic N) is 1. The molecule has 7 heteroatoms. The van der Waals surface area contributed by atoms with E-state index in [1.807, 2.05) is 30.3 Å². The van der Waals surface area contributed by atoms with Gasteiger partial charge in [-0.2, -0.15) is 0 Å². The molecule has 0 aliphatic carbocycles. The van der Waals surface area contributed by atoms with Crippen LogP contribution in [-0.4, -0.2) is 22.5 Å². The number of amides is 2. The second kappa shape index (κ2) is 7.71. The van der Waals surface area contributed by atoms with Gasteiger partial charge in [0.2, 0.25) is 0 Å². The van der Waals surface area contributed by atoms with Gasteiger partial charge in [-0.25, -0.2) is 13.6 Å². The van der Waals surface area contributed by atoms with E-state index >= 15 is 0 Å². The number of carbonyl (C=O) groups excluding carboxylic acids is 1. The average Bonchev–Trinajstić information content (AvgIpc) is 3.15. The molecule has 0 saturated heterocycles. The number of benzene rings is 3. The molecule has 2 heterocycles. The van der Waals surface area contributed by atoms with Crippen molar-refractivity contribution in [1.82, 2.24) is 9.88 Å². The number of para-hydroxylation sites is 1. The Bertz CT molecular complexity index is 1290. The molecule has 31 heavy (non-hydrogen) atoms. The van der Waals surface area contributed by atoms with Gasteiger partial charge in [-0.15, -0.1) is 0 Å². The van der Waals surface area contributed by atoms with E-state index in [9.17, 15) is 13.6 Å². The summed E-state index contributed by atoms with van der Waals surface area (Å²) in [6.07, 6.45) is 0.641. The lowest BCUT2D eigenvalue weighted by atomic mass is 9.92. The van der Waals surface area contributed by atoms with Crippen LogP contribution in [0.25, 0.3) is 10.9 Å². The van der Waals surface area contributed by atoms with E-state index < -0.39 is 23.7 Å². The minimum atomic E-state index is -0.693. The SMILES string of the molecule is O=C(Nc1cc(F)ccc1F)N1CCc2c([nH]c3ccccc23)C1c1ccc(Cl)cc1. The van der Waals surface area contributed by atoms with Crippen molar-refractivity contribution in [1.29, 1.82) is 0 Å². The summed E-state index contributed by atoms with van der Waals surface area (Å²) in [6, 6.07) is 17.3. The zero-order valence-electron chi connectivity index (χ0n) is 16.3. The van der Waals surface area contributed by atoms with Crippen molar-refractivity contribution in [2.75, 3.05) is 11.9 Å². The van der Waals surface area contributed by atoms with Gasteiger partial charge in [-0.05, 0) is 47.9 Å². The molecule has 1 unspecified atom stereocenters. The van der Waals surface area contributed by atoms with Gasteiger partial charge in [0.1, 0.15) is 11.6 Å². The molecule has 156 valence electrons. The number of nitrogens with one attached hydrogen (secondary N) is 2. The second-order valence-corrected chi connectivity index (χ2v) is 7.95. The fourth-order valence-electron chi connectivity index (χ4n) is 4.23. The first-order valence-electron chi connectivity index (χ1n) is 9.89. The lowest BCUT2D eigenvalue weighted by Crippen LogP contribution is -2.43. The third-order valence-corrected chi connectivity index (χ3v) is 5.90. The molecule has 1 aliphatic heterocycles. The number of aromatic nitrogens is 1. The van der Waals surface area contributed by atoms with Gasteiger partial charge < -0.3 is 15.2 Å². The molecule has 2 N–H and O–H groups in total. The number of fused-ring (bicyclic) bond motifs is 3. The second-order valence-electron chi connectivity index (χ2n) is 7.51. The largest absolute Gasteiger partial charge is 0.356 e. The molecule has 1 aromatic heterocycles. The van der Waals surface area contributed by atoms with Crippen molar-refractivity contribution in [3.63, 3.8) is 0 Å². The van der Waals surface area contributed by atoms with Gasteiger partial charge >= 0.3 is 6.03 Å². The highest BCUT2D eigenvalue weighted by Crippen LogP contribution is 2.39. The predicted octanol–water partition coefficient (Wildman–Crippen LogP) is 6.28. The Hall–Kier alpha value is -3.38. The summed E-state index contributed by atoms with van der Waals surface area (Å²) in [5.41, 5.74) is 3.72. The molecule has 0 fully saturated rings. The molecule has 0 spiro atoms. The van der Waals surface area contributed by atoms with E-state index in [2.05, 4.69) is 16.4 Å². The Balaban J connectivity index is 1.58. The summed E-state index contributed by atoms with van der Waals surface area (Å²) in [4.78, 5) is 18.3. The molecule has 1 aliphatic rings. The Morgan fingerprint density at radius 1 is 1.06 bits per heavy atom. The smallest absolute Gasteiger partial charge is 0.322 e. The van der Waals surface area contributed by atoms with Gasteiger partial charge in [0.05, 0.1) is 11.7 Å². The number of carbonyl (C=O) groups is 1. The van der Waals surface area contributed by atoms with Crippen molar-refractivity contribution >= 4 is 34.2 Å². The zero-order chi connectivity index (χ0) is 21.5. The number of hydrogen-bond donors (Lipinski definition) is 2. The Kier molecular flexibility index (Phi) is 4.87. The Morgan fingerprint density at radius 3 is 2.65 bits per heavy atom. The first-order chi connectivity index (χ1) is 15.0. The third-order valence-electron chi connectivity index (χ3n) is 5.65. The first kappa shape index (κ1) is 19.6. The number of rotatable bonds is 2. The molecule has 1 atom stereocenters. The standard InChI is InChI=1S/C24H18ClF2N3O/c25-15-7-5-14(6-8-15)23-22-18(17-3-1-2-4-20(17)28-22)11-12-30(23)24(31)29-21-13-16(26)9-10-19(21)27/h1-10,13,23,28H,11-12H2,(H,29,31). The third kappa shape index (κ3) is 3.53. The van der Waals surface area contributed by atoms with Crippen LogP contribution in [0.4, 0.5) is 19.3 Å². The maximum absolute atomic E-state index is 14.1. The quantitative estimate of drug-likeness (QED) is 0.381. The molecule has 0 radical (unpaired) electrons. The normalized spacial score (nSPS) is 15.7. The molecular weight excluding hydrogens is 420 g/mol. The summed E-state index contributed by atoms with van der Waals surface area (Å²) in [5.74, 6) is -1.32. The van der Waals surface area contributed by atoms with Crippen LogP contribution >= 0.6 is 11.6 Å². The Labute approximate surface area is 182 Å². The summed E-state index contributed by atoms with van der Waals surface area (Å²) in [6.45, 7) is 0.422. The van der Waals surface area contributed by atoms with E-state index in [1.54, 1.807) is 17.0 Å². The van der Waals surface area contributed by atoms with Crippen molar-refractivity contribution in [3.8, 4) is 0 Å². The summed E-state index contributed by atoms with van der Waals surface area (Å²) in [7, 11) is 0. The number of halogens is 3. The van der Waals surface area contributed by atoms with Crippen LogP contribution in [0.5, 0.6) is 0 Å². The van der Waals surface area contributed by atoms with E-state index in [4.69, 9.17) is 11.6 Å². The van der Waals surface area contributed by atoms with Crippen LogP contribution in [0.1, 0.15) is 22.9 Å². The molecular formula is C24H18ClF2N3O. The number of H-pyrrole nitrogens is 1. The minimum Gasteiger partial charge on any atom is -0.356 e. The van der Waals surface area contributed by atoms with Crippen LogP contribution in [-0.2, 0) is 6.42 Å². The number of anilines is 1. The highest BCUT2D eigenvalue weighted by molar-refractivity contribution is 6.30. The summed E-state index contributed by atoms with van der Waals surface area (Å²) in [5, 5.41) is 4.24. The maximum atomic E-state index is 14.1. The molecule has 0 saturated carbocycles. The highest BCUT2D eigenvalue weighted by atomic mass is 35.5. The van der Waals surface area contributed by atoms with Crippen LogP contribution in [0.3, 0.4) is 0 Å². The van der Waals surface area contributed by atoms with Gasteiger partial charge in [0.25, 0.3) is 0 Å². The van der Waals surface area contributed by atoms with Crippen molar-refractivity contribution in [2.24, 2.45) is 0 Å². The molecule has 2 amide bonds. The van der Waals surface area contributed by atoms with Crippen LogP contribution in [0.15, 0.2) is 66.7 Å². The van der Waals surface area contributed by atoms with Crippen molar-refractivity contribution in [3.05, 3.63) is 100 Å². The minimum absolute atomic E-state index is 0.192. The Morgan fingerprint density at radius 2 is 1.84 bits per heavy atom. The molecule has 0 bridgehead atoms. The van der Waals surface area contributed by atoms with Crippen LogP contribution in [0, 0.1) is 11.6 Å². The van der Waals surface area contributed by atoms with Crippen LogP contribution < -0.4 is 5.32 Å². The number of hydrogen-bond acceptors (Lipinski definition) is 1. The summed E-state index contributed by atoms with van der Waals surface area (Å²) < 4.78 is 27.7.